The molecule has 0 spiro atoms. The Morgan fingerprint density at radius 1 is 1.15 bits per heavy atom. The average molecular weight is 368 g/mol. The summed E-state index contributed by atoms with van der Waals surface area (Å²) in [6, 6.07) is 11.5. The van der Waals surface area contributed by atoms with Gasteiger partial charge in [0.1, 0.15) is 0 Å². The maximum atomic E-state index is 6.05. The van der Waals surface area contributed by atoms with Crippen molar-refractivity contribution in [2.45, 2.75) is 32.2 Å². The quantitative estimate of drug-likeness (QED) is 0.660. The normalized spacial score (nSPS) is 17.0. The molecule has 1 aliphatic heterocycles. The third kappa shape index (κ3) is 3.88. The Morgan fingerprint density at radius 2 is 2.08 bits per heavy atom. The van der Waals surface area contributed by atoms with Gasteiger partial charge in [0.25, 0.3) is 0 Å². The predicted molar refractivity (Wildman–Crippen MR) is 98.8 cm³/mol. The van der Waals surface area contributed by atoms with E-state index in [1.165, 1.54) is 0 Å². The highest BCUT2D eigenvalue weighted by molar-refractivity contribution is 6.30. The minimum absolute atomic E-state index is 0.118. The van der Waals surface area contributed by atoms with Crippen molar-refractivity contribution >= 4 is 17.2 Å². The number of fused-ring (bicyclic) bond motifs is 1. The van der Waals surface area contributed by atoms with Gasteiger partial charge in [0.2, 0.25) is 5.82 Å². The molecule has 0 aliphatic carbocycles. The lowest BCUT2D eigenvalue weighted by molar-refractivity contribution is -0.168. The highest BCUT2D eigenvalue weighted by atomic mass is 35.5. The van der Waals surface area contributed by atoms with Crippen molar-refractivity contribution in [2.24, 2.45) is 0 Å². The number of halogens is 1. The van der Waals surface area contributed by atoms with Crippen LogP contribution in [0.3, 0.4) is 0 Å². The molecule has 1 aromatic carbocycles. The second-order valence-corrected chi connectivity index (χ2v) is 6.55. The molecule has 3 heterocycles. The molecule has 1 aliphatic rings. The van der Waals surface area contributed by atoms with Gasteiger partial charge in [-0.2, -0.15) is 0 Å². The lowest BCUT2D eigenvalue weighted by Crippen LogP contribution is -2.22. The zero-order valence-electron chi connectivity index (χ0n) is 14.2. The van der Waals surface area contributed by atoms with Crippen LogP contribution in [-0.4, -0.2) is 27.5 Å². The van der Waals surface area contributed by atoms with Crippen LogP contribution in [0.5, 0.6) is 0 Å². The van der Waals surface area contributed by atoms with E-state index in [0.29, 0.717) is 23.1 Å². The van der Waals surface area contributed by atoms with Crippen molar-refractivity contribution in [2.75, 3.05) is 6.61 Å². The fourth-order valence-electron chi connectivity index (χ4n) is 2.87. The van der Waals surface area contributed by atoms with Crippen LogP contribution in [0, 0.1) is 11.8 Å². The molecule has 0 N–H and O–H groups in total. The molecular weight excluding hydrogens is 350 g/mol. The second-order valence-electron chi connectivity index (χ2n) is 6.11. The van der Waals surface area contributed by atoms with E-state index in [9.17, 15) is 0 Å². The summed E-state index contributed by atoms with van der Waals surface area (Å²) in [5, 5.41) is 8.85. The summed E-state index contributed by atoms with van der Waals surface area (Å²) < 4.78 is 13.3. The van der Waals surface area contributed by atoms with E-state index in [1.54, 1.807) is 16.7 Å². The van der Waals surface area contributed by atoms with Gasteiger partial charge in [0.05, 0.1) is 11.6 Å². The fourth-order valence-corrected chi connectivity index (χ4v) is 3.03. The average Bonchev–Trinajstić information content (AvgIpc) is 3.08. The summed E-state index contributed by atoms with van der Waals surface area (Å²) >= 11 is 6.05. The van der Waals surface area contributed by atoms with E-state index < -0.39 is 0 Å². The minimum Gasteiger partial charge on any atom is -0.353 e. The maximum absolute atomic E-state index is 6.05. The largest absolute Gasteiger partial charge is 0.353 e. The summed E-state index contributed by atoms with van der Waals surface area (Å²) in [4.78, 5) is 0. The second kappa shape index (κ2) is 7.88. The number of ether oxygens (including phenoxy) is 2. The molecule has 0 radical (unpaired) electrons. The van der Waals surface area contributed by atoms with Gasteiger partial charge in [-0.3, -0.25) is 4.40 Å². The number of benzene rings is 1. The van der Waals surface area contributed by atoms with Gasteiger partial charge in [-0.15, -0.1) is 10.2 Å². The van der Waals surface area contributed by atoms with Gasteiger partial charge >= 0.3 is 0 Å². The van der Waals surface area contributed by atoms with Gasteiger partial charge in [-0.1, -0.05) is 35.7 Å². The van der Waals surface area contributed by atoms with Gasteiger partial charge in [0.15, 0.2) is 11.9 Å². The van der Waals surface area contributed by atoms with Crippen LogP contribution >= 0.6 is 11.6 Å². The highest BCUT2D eigenvalue weighted by Gasteiger charge is 2.14. The number of nitrogens with zero attached hydrogens (tertiary/aromatic N) is 3. The highest BCUT2D eigenvalue weighted by Crippen LogP contribution is 2.17. The molecule has 5 nitrogen and oxygen atoms in total. The van der Waals surface area contributed by atoms with Gasteiger partial charge < -0.3 is 9.47 Å². The summed E-state index contributed by atoms with van der Waals surface area (Å²) in [5.74, 6) is 6.81. The molecule has 1 atom stereocenters. The van der Waals surface area contributed by atoms with E-state index in [-0.39, 0.29) is 6.29 Å². The lowest BCUT2D eigenvalue weighted by atomic mass is 10.1. The Bertz CT molecular complexity index is 968. The number of rotatable bonds is 3. The number of aromatic nitrogens is 3. The van der Waals surface area contributed by atoms with Crippen LogP contribution in [0.4, 0.5) is 0 Å². The summed E-state index contributed by atoms with van der Waals surface area (Å²) in [5.41, 5.74) is 2.65. The Balaban J connectivity index is 1.55. The number of hydrogen-bond donors (Lipinski definition) is 0. The molecular formula is C20H18ClN3O2. The fraction of sp³-hybridized carbons (Fsp3) is 0.300. The number of hydrogen-bond acceptors (Lipinski definition) is 4. The SMILES string of the molecule is Clc1ccc2nnc(C#Cc3ccccc3COC3CCCCO3)n2c1. The molecule has 2 aromatic heterocycles. The molecule has 0 amide bonds. The van der Waals surface area contributed by atoms with Crippen LogP contribution in [0.2, 0.25) is 5.02 Å². The summed E-state index contributed by atoms with van der Waals surface area (Å²) in [7, 11) is 0. The Kier molecular flexibility index (Phi) is 5.16. The van der Waals surface area contributed by atoms with E-state index in [2.05, 4.69) is 22.0 Å². The van der Waals surface area contributed by atoms with Gasteiger partial charge in [0, 0.05) is 18.4 Å². The molecule has 3 aromatic rings. The van der Waals surface area contributed by atoms with Crippen LogP contribution in [0.25, 0.3) is 5.65 Å². The molecule has 1 saturated heterocycles. The summed E-state index contributed by atoms with van der Waals surface area (Å²) in [6.07, 6.45) is 4.84. The monoisotopic (exact) mass is 367 g/mol. The van der Waals surface area contributed by atoms with Gasteiger partial charge in [-0.05, 0) is 48.9 Å². The topological polar surface area (TPSA) is 48.7 Å². The molecule has 1 fully saturated rings. The first kappa shape index (κ1) is 17.0. The molecule has 26 heavy (non-hydrogen) atoms. The molecule has 4 rings (SSSR count). The molecule has 0 saturated carbocycles. The van der Waals surface area contributed by atoms with Crippen LogP contribution < -0.4 is 0 Å². The van der Waals surface area contributed by atoms with Crippen molar-refractivity contribution in [1.29, 1.82) is 0 Å². The Morgan fingerprint density at radius 3 is 2.96 bits per heavy atom. The van der Waals surface area contributed by atoms with Crippen LogP contribution in [0.1, 0.15) is 36.2 Å². The molecule has 0 bridgehead atoms. The van der Waals surface area contributed by atoms with Crippen molar-refractivity contribution in [3.63, 3.8) is 0 Å². The van der Waals surface area contributed by atoms with Crippen molar-refractivity contribution in [1.82, 2.24) is 14.6 Å². The first-order valence-corrected chi connectivity index (χ1v) is 9.01. The van der Waals surface area contributed by atoms with Crippen molar-refractivity contribution < 1.29 is 9.47 Å². The third-order valence-electron chi connectivity index (χ3n) is 4.26. The Hall–Kier alpha value is -2.39. The van der Waals surface area contributed by atoms with Gasteiger partial charge in [-0.25, -0.2) is 0 Å². The van der Waals surface area contributed by atoms with E-state index in [1.807, 2.05) is 30.3 Å². The smallest absolute Gasteiger partial charge is 0.212 e. The molecule has 1 unspecified atom stereocenters. The maximum Gasteiger partial charge on any atom is 0.212 e. The third-order valence-corrected chi connectivity index (χ3v) is 4.48. The lowest BCUT2D eigenvalue weighted by Gasteiger charge is -2.22. The van der Waals surface area contributed by atoms with E-state index in [4.69, 9.17) is 21.1 Å². The molecule has 132 valence electrons. The van der Waals surface area contributed by atoms with E-state index in [0.717, 1.165) is 37.0 Å². The van der Waals surface area contributed by atoms with Crippen LogP contribution in [-0.2, 0) is 16.1 Å². The number of pyridine rings is 1. The zero-order valence-corrected chi connectivity index (χ0v) is 14.9. The van der Waals surface area contributed by atoms with Crippen molar-refractivity contribution in [3.8, 4) is 11.8 Å². The first-order valence-electron chi connectivity index (χ1n) is 8.63. The molecule has 6 heteroatoms. The van der Waals surface area contributed by atoms with E-state index >= 15 is 0 Å². The first-order chi connectivity index (χ1) is 12.8. The summed E-state index contributed by atoms with van der Waals surface area (Å²) in [6.45, 7) is 1.25. The van der Waals surface area contributed by atoms with Crippen LogP contribution in [0.15, 0.2) is 42.6 Å². The zero-order chi connectivity index (χ0) is 17.8. The van der Waals surface area contributed by atoms with Crippen molar-refractivity contribution in [3.05, 3.63) is 64.6 Å². The predicted octanol–water partition coefficient (Wildman–Crippen LogP) is 3.83. The Labute approximate surface area is 156 Å². The standard InChI is InChI=1S/C20H18ClN3O2/c21-17-9-11-19-23-22-18(24(19)13-17)10-8-15-5-1-2-6-16(15)14-26-20-7-3-4-12-25-20/h1-2,5-6,9,11,13,20H,3-4,7,12,14H2. The minimum atomic E-state index is -0.118.